The van der Waals surface area contributed by atoms with Crippen molar-refractivity contribution in [2.24, 2.45) is 5.41 Å². The van der Waals surface area contributed by atoms with Crippen molar-refractivity contribution in [3.05, 3.63) is 27.4 Å². The molecule has 2 rings (SSSR count). The van der Waals surface area contributed by atoms with Gasteiger partial charge in [-0.05, 0) is 38.5 Å². The molecule has 0 spiro atoms. The van der Waals surface area contributed by atoms with Crippen molar-refractivity contribution in [2.45, 2.75) is 39.5 Å². The number of aromatic amines is 1. The number of amides is 1. The number of aryl methyl sites for hydroxylation is 2. The van der Waals surface area contributed by atoms with Crippen molar-refractivity contribution < 1.29 is 9.90 Å². The minimum atomic E-state index is -0.385. The molecule has 1 aliphatic rings. The van der Waals surface area contributed by atoms with Crippen LogP contribution in [-0.4, -0.2) is 34.1 Å². The number of aliphatic hydroxyl groups is 1. The average Bonchev–Trinajstić information content (AvgIpc) is 3.12. The Balaban J connectivity index is 1.94. The maximum atomic E-state index is 12.0. The third-order valence-electron chi connectivity index (χ3n) is 4.05. The topological polar surface area (TPSA) is 95.1 Å². The van der Waals surface area contributed by atoms with Gasteiger partial charge in [-0.25, -0.2) is 4.79 Å². The zero-order valence-corrected chi connectivity index (χ0v) is 12.0. The van der Waals surface area contributed by atoms with Crippen LogP contribution in [0.2, 0.25) is 0 Å². The van der Waals surface area contributed by atoms with Gasteiger partial charge in [-0.1, -0.05) is 0 Å². The molecule has 0 aliphatic heterocycles. The zero-order valence-electron chi connectivity index (χ0n) is 12.0. The van der Waals surface area contributed by atoms with E-state index in [1.807, 2.05) is 0 Å². The summed E-state index contributed by atoms with van der Waals surface area (Å²) in [5, 5.41) is 11.9. The summed E-state index contributed by atoms with van der Waals surface area (Å²) >= 11 is 0. The van der Waals surface area contributed by atoms with E-state index in [0.717, 1.165) is 24.8 Å². The highest BCUT2D eigenvalue weighted by molar-refractivity contribution is 5.79. The minimum absolute atomic E-state index is 0.0748. The summed E-state index contributed by atoms with van der Waals surface area (Å²) in [6.07, 6.45) is 3.08. The number of H-pyrrole nitrogens is 1. The van der Waals surface area contributed by atoms with E-state index >= 15 is 0 Å². The van der Waals surface area contributed by atoms with Crippen LogP contribution in [-0.2, 0) is 11.2 Å². The molecule has 20 heavy (non-hydrogen) atoms. The van der Waals surface area contributed by atoms with Gasteiger partial charge in [-0.3, -0.25) is 4.79 Å². The number of carbonyl (C=O) groups excluding carboxylic acids is 1. The van der Waals surface area contributed by atoms with Gasteiger partial charge in [0.15, 0.2) is 0 Å². The molecule has 0 unspecified atom stereocenters. The maximum Gasteiger partial charge on any atom is 0.345 e. The summed E-state index contributed by atoms with van der Waals surface area (Å²) in [4.78, 5) is 29.6. The van der Waals surface area contributed by atoms with Crippen molar-refractivity contribution in [3.63, 3.8) is 0 Å². The Morgan fingerprint density at radius 2 is 2.15 bits per heavy atom. The van der Waals surface area contributed by atoms with Crippen molar-refractivity contribution in [1.82, 2.24) is 15.3 Å². The van der Waals surface area contributed by atoms with Crippen molar-refractivity contribution in [2.75, 3.05) is 13.2 Å². The molecular formula is C14H21N3O3. The van der Waals surface area contributed by atoms with Gasteiger partial charge in [0.2, 0.25) is 5.91 Å². The normalized spacial score (nSPS) is 15.9. The summed E-state index contributed by atoms with van der Waals surface area (Å²) in [5.74, 6) is -0.0748. The molecule has 0 atom stereocenters. The SMILES string of the molecule is Cc1nc(=O)[nH]c(C)c1CC(=O)NCC1(CCO)CC1. The van der Waals surface area contributed by atoms with Gasteiger partial charge in [0.1, 0.15) is 0 Å². The van der Waals surface area contributed by atoms with Crippen LogP contribution in [0.3, 0.4) is 0 Å². The minimum Gasteiger partial charge on any atom is -0.396 e. The molecule has 110 valence electrons. The van der Waals surface area contributed by atoms with Crippen LogP contribution < -0.4 is 11.0 Å². The molecular weight excluding hydrogens is 258 g/mol. The van der Waals surface area contributed by atoms with Crippen molar-refractivity contribution >= 4 is 5.91 Å². The summed E-state index contributed by atoms with van der Waals surface area (Å²) in [6, 6.07) is 0. The Labute approximate surface area is 117 Å². The van der Waals surface area contributed by atoms with E-state index in [0.29, 0.717) is 17.9 Å². The molecule has 3 N–H and O–H groups in total. The highest BCUT2D eigenvalue weighted by Gasteiger charge is 2.41. The Morgan fingerprint density at radius 1 is 1.45 bits per heavy atom. The third-order valence-corrected chi connectivity index (χ3v) is 4.05. The summed E-state index contributed by atoms with van der Waals surface area (Å²) in [7, 11) is 0. The lowest BCUT2D eigenvalue weighted by Gasteiger charge is -2.15. The second-order valence-corrected chi connectivity index (χ2v) is 5.66. The highest BCUT2D eigenvalue weighted by atomic mass is 16.3. The lowest BCUT2D eigenvalue weighted by molar-refractivity contribution is -0.120. The van der Waals surface area contributed by atoms with Crippen LogP contribution in [0.4, 0.5) is 0 Å². The van der Waals surface area contributed by atoms with Gasteiger partial charge in [0.05, 0.1) is 6.42 Å². The monoisotopic (exact) mass is 279 g/mol. The number of carbonyl (C=O) groups is 1. The van der Waals surface area contributed by atoms with Crippen molar-refractivity contribution in [3.8, 4) is 0 Å². The summed E-state index contributed by atoms with van der Waals surface area (Å²) < 4.78 is 0. The first-order valence-corrected chi connectivity index (χ1v) is 6.90. The fraction of sp³-hybridized carbons (Fsp3) is 0.643. The Hall–Kier alpha value is -1.69. The lowest BCUT2D eigenvalue weighted by atomic mass is 10.0. The van der Waals surface area contributed by atoms with Crippen LogP contribution in [0, 0.1) is 19.3 Å². The predicted molar refractivity (Wildman–Crippen MR) is 74.4 cm³/mol. The Kier molecular flexibility index (Phi) is 4.23. The van der Waals surface area contributed by atoms with Crippen molar-refractivity contribution in [1.29, 1.82) is 0 Å². The van der Waals surface area contributed by atoms with Gasteiger partial charge >= 0.3 is 5.69 Å². The largest absolute Gasteiger partial charge is 0.396 e. The van der Waals surface area contributed by atoms with E-state index in [9.17, 15) is 9.59 Å². The number of aliphatic hydroxyl groups excluding tert-OH is 1. The highest BCUT2D eigenvalue weighted by Crippen LogP contribution is 2.47. The molecule has 0 aromatic carbocycles. The van der Waals surface area contributed by atoms with E-state index in [-0.39, 0.29) is 30.0 Å². The van der Waals surface area contributed by atoms with Gasteiger partial charge in [0.25, 0.3) is 0 Å². The number of aromatic nitrogens is 2. The van der Waals surface area contributed by atoms with Gasteiger partial charge in [0, 0.05) is 30.1 Å². The van der Waals surface area contributed by atoms with Gasteiger partial charge < -0.3 is 15.4 Å². The fourth-order valence-electron chi connectivity index (χ4n) is 2.45. The molecule has 6 heteroatoms. The summed E-state index contributed by atoms with van der Waals surface area (Å²) in [6.45, 7) is 4.28. The van der Waals surface area contributed by atoms with E-state index in [1.54, 1.807) is 13.8 Å². The molecule has 1 heterocycles. The number of rotatable bonds is 6. The molecule has 1 aliphatic carbocycles. The second-order valence-electron chi connectivity index (χ2n) is 5.66. The smallest absolute Gasteiger partial charge is 0.345 e. The van der Waals surface area contributed by atoms with Crippen LogP contribution in [0.5, 0.6) is 0 Å². The van der Waals surface area contributed by atoms with Gasteiger partial charge in [-0.15, -0.1) is 0 Å². The number of hydrogen-bond donors (Lipinski definition) is 3. The van der Waals surface area contributed by atoms with Crippen LogP contribution in [0.25, 0.3) is 0 Å². The predicted octanol–water partition coefficient (Wildman–Crippen LogP) is 0.208. The first-order valence-electron chi connectivity index (χ1n) is 6.90. The van der Waals surface area contributed by atoms with E-state index in [1.165, 1.54) is 0 Å². The molecule has 1 fully saturated rings. The third kappa shape index (κ3) is 3.45. The molecule has 1 saturated carbocycles. The number of nitrogens with one attached hydrogen (secondary N) is 2. The molecule has 1 aromatic rings. The quantitative estimate of drug-likeness (QED) is 0.693. The summed E-state index contributed by atoms with van der Waals surface area (Å²) in [5.41, 5.74) is 1.78. The molecule has 1 aromatic heterocycles. The first kappa shape index (κ1) is 14.7. The molecule has 1 amide bonds. The number of nitrogens with zero attached hydrogens (tertiary/aromatic N) is 1. The van der Waals surface area contributed by atoms with E-state index in [4.69, 9.17) is 5.11 Å². The van der Waals surface area contributed by atoms with Crippen LogP contribution >= 0.6 is 0 Å². The molecule has 0 radical (unpaired) electrons. The van der Waals surface area contributed by atoms with Gasteiger partial charge in [-0.2, -0.15) is 4.98 Å². The van der Waals surface area contributed by atoms with E-state index < -0.39 is 0 Å². The Bertz CT molecular complexity index is 535. The first-order chi connectivity index (χ1) is 9.46. The average molecular weight is 279 g/mol. The Morgan fingerprint density at radius 3 is 2.70 bits per heavy atom. The zero-order chi connectivity index (χ0) is 14.8. The molecule has 6 nitrogen and oxygen atoms in total. The standard InChI is InChI=1S/C14H21N3O3/c1-9-11(10(2)17-13(20)16-9)7-12(19)15-8-14(3-4-14)5-6-18/h18H,3-8H2,1-2H3,(H,15,19)(H,16,17,20). The van der Waals surface area contributed by atoms with Crippen LogP contribution in [0.1, 0.15) is 36.2 Å². The van der Waals surface area contributed by atoms with Crippen LogP contribution in [0.15, 0.2) is 4.79 Å². The fourth-order valence-corrected chi connectivity index (χ4v) is 2.45. The molecule has 0 bridgehead atoms. The van der Waals surface area contributed by atoms with E-state index in [2.05, 4.69) is 15.3 Å². The lowest BCUT2D eigenvalue weighted by Crippen LogP contribution is -2.32. The number of hydrogen-bond acceptors (Lipinski definition) is 4. The molecule has 0 saturated heterocycles. The second kappa shape index (κ2) is 5.75. The maximum absolute atomic E-state index is 12.0.